The fourth-order valence-electron chi connectivity index (χ4n) is 4.24. The summed E-state index contributed by atoms with van der Waals surface area (Å²) in [6.45, 7) is 1.52. The molecule has 5 rings (SSSR count). The molecule has 0 aliphatic carbocycles. The van der Waals surface area contributed by atoms with E-state index < -0.39 is 0 Å². The van der Waals surface area contributed by atoms with Gasteiger partial charge in [-0.3, -0.25) is 9.36 Å². The number of hydrogen-bond acceptors (Lipinski definition) is 8. The Morgan fingerprint density at radius 1 is 1.25 bits per heavy atom. The molecule has 0 radical (unpaired) electrons. The number of aromatic nitrogens is 5. The third-order valence-corrected chi connectivity index (χ3v) is 6.84. The van der Waals surface area contributed by atoms with Crippen molar-refractivity contribution in [2.75, 3.05) is 32.1 Å². The van der Waals surface area contributed by atoms with E-state index in [4.69, 9.17) is 9.72 Å². The van der Waals surface area contributed by atoms with Gasteiger partial charge in [0.15, 0.2) is 16.2 Å². The molecule has 10 heteroatoms. The highest BCUT2D eigenvalue weighted by Crippen LogP contribution is 2.25. The minimum absolute atomic E-state index is 0.0286. The first-order valence-corrected chi connectivity index (χ1v) is 11.3. The van der Waals surface area contributed by atoms with Crippen molar-refractivity contribution in [2.24, 2.45) is 7.05 Å². The Morgan fingerprint density at radius 2 is 2.12 bits per heavy atom. The highest BCUT2D eigenvalue weighted by molar-refractivity contribution is 7.12. The summed E-state index contributed by atoms with van der Waals surface area (Å²) in [4.78, 5) is 29.3. The third kappa shape index (κ3) is 3.60. The van der Waals surface area contributed by atoms with Crippen LogP contribution >= 0.6 is 11.3 Å². The lowest BCUT2D eigenvalue weighted by Gasteiger charge is -2.18. The van der Waals surface area contributed by atoms with Gasteiger partial charge >= 0.3 is 0 Å². The SMILES string of the molecule is CNC1CN(c2ccc3c(=O)c(Cc4nccn4C)cn(-c4nccs4)c3n2)CC1OC. The van der Waals surface area contributed by atoms with Gasteiger partial charge in [-0.2, -0.15) is 0 Å². The van der Waals surface area contributed by atoms with Gasteiger partial charge < -0.3 is 19.5 Å². The quantitative estimate of drug-likeness (QED) is 0.476. The summed E-state index contributed by atoms with van der Waals surface area (Å²) in [7, 11) is 5.60. The number of nitrogens with one attached hydrogen (secondary N) is 1. The molecule has 0 amide bonds. The maximum Gasteiger partial charge on any atom is 0.195 e. The van der Waals surface area contributed by atoms with Crippen molar-refractivity contribution < 1.29 is 4.74 Å². The lowest BCUT2D eigenvalue weighted by Crippen LogP contribution is -2.37. The van der Waals surface area contributed by atoms with Gasteiger partial charge in [0.25, 0.3) is 0 Å². The van der Waals surface area contributed by atoms with Crippen molar-refractivity contribution >= 4 is 28.2 Å². The van der Waals surface area contributed by atoms with Crippen molar-refractivity contribution in [2.45, 2.75) is 18.6 Å². The number of methoxy groups -OCH3 is 1. The van der Waals surface area contributed by atoms with E-state index in [9.17, 15) is 4.79 Å². The Bertz CT molecular complexity index is 1290. The summed E-state index contributed by atoms with van der Waals surface area (Å²) in [6.07, 6.45) is 7.76. The molecule has 4 aromatic rings. The first kappa shape index (κ1) is 20.8. The van der Waals surface area contributed by atoms with Crippen molar-refractivity contribution in [3.05, 3.63) is 63.9 Å². The first-order chi connectivity index (χ1) is 15.6. The summed E-state index contributed by atoms with van der Waals surface area (Å²) in [5.41, 5.74) is 1.24. The second kappa shape index (κ2) is 8.45. The van der Waals surface area contributed by atoms with E-state index in [-0.39, 0.29) is 17.6 Å². The minimum atomic E-state index is -0.0286. The van der Waals surface area contributed by atoms with E-state index in [1.165, 1.54) is 11.3 Å². The Labute approximate surface area is 189 Å². The van der Waals surface area contributed by atoms with E-state index in [1.807, 2.05) is 53.1 Å². The van der Waals surface area contributed by atoms with Gasteiger partial charge in [-0.05, 0) is 19.2 Å². The van der Waals surface area contributed by atoms with Gasteiger partial charge in [0.05, 0.1) is 17.5 Å². The Hall–Kier alpha value is -3.08. The standard InChI is InChI=1S/C22H25N7O2S/c1-23-16-12-28(13-17(16)31-3)18-5-4-15-20(30)14(10-19-24-6-8-27(19)2)11-29(21(15)26-18)22-25-7-9-32-22/h4-9,11,16-17,23H,10,12-13H2,1-3H3. The van der Waals surface area contributed by atoms with E-state index >= 15 is 0 Å². The molecule has 1 saturated heterocycles. The summed E-state index contributed by atoms with van der Waals surface area (Å²) in [5, 5.41) is 6.57. The van der Waals surface area contributed by atoms with Crippen LogP contribution in [0.5, 0.6) is 0 Å². The lowest BCUT2D eigenvalue weighted by molar-refractivity contribution is 0.0996. The molecular formula is C22H25N7O2S. The zero-order valence-electron chi connectivity index (χ0n) is 18.2. The molecule has 1 N–H and O–H groups in total. The molecule has 1 aliphatic heterocycles. The molecule has 0 bridgehead atoms. The first-order valence-electron chi connectivity index (χ1n) is 10.5. The minimum Gasteiger partial charge on any atom is -0.378 e. The van der Waals surface area contributed by atoms with Crippen LogP contribution in [0.25, 0.3) is 16.2 Å². The van der Waals surface area contributed by atoms with Gasteiger partial charge in [0, 0.05) is 69.4 Å². The number of pyridine rings is 2. The molecule has 2 unspecified atom stereocenters. The van der Waals surface area contributed by atoms with E-state index in [2.05, 4.69) is 20.2 Å². The van der Waals surface area contributed by atoms with Crippen LogP contribution in [0.15, 0.2) is 47.1 Å². The number of nitrogens with zero attached hydrogens (tertiary/aromatic N) is 6. The molecule has 1 aliphatic rings. The van der Waals surface area contributed by atoms with Gasteiger partial charge in [0.1, 0.15) is 11.6 Å². The van der Waals surface area contributed by atoms with Crippen LogP contribution in [0.1, 0.15) is 11.4 Å². The normalized spacial score (nSPS) is 18.7. The molecule has 0 spiro atoms. The van der Waals surface area contributed by atoms with Crippen LogP contribution in [-0.4, -0.2) is 63.5 Å². The van der Waals surface area contributed by atoms with E-state index in [0.717, 1.165) is 29.9 Å². The predicted octanol–water partition coefficient (Wildman–Crippen LogP) is 1.59. The van der Waals surface area contributed by atoms with Crippen LogP contribution in [0.2, 0.25) is 0 Å². The highest BCUT2D eigenvalue weighted by Gasteiger charge is 2.32. The number of thiazole rings is 1. The average molecular weight is 452 g/mol. The van der Waals surface area contributed by atoms with Gasteiger partial charge in [-0.25, -0.2) is 15.0 Å². The number of imidazole rings is 1. The average Bonchev–Trinajstić information content (AvgIpc) is 3.56. The third-order valence-electron chi connectivity index (χ3n) is 6.07. The molecular weight excluding hydrogens is 426 g/mol. The fourth-order valence-corrected chi connectivity index (χ4v) is 4.86. The molecule has 32 heavy (non-hydrogen) atoms. The topological polar surface area (TPSA) is 90.1 Å². The Morgan fingerprint density at radius 3 is 2.78 bits per heavy atom. The number of anilines is 1. The largest absolute Gasteiger partial charge is 0.378 e. The molecule has 0 aromatic carbocycles. The molecule has 4 aromatic heterocycles. The van der Waals surface area contributed by atoms with Crippen LogP contribution in [0.3, 0.4) is 0 Å². The molecule has 0 saturated carbocycles. The van der Waals surface area contributed by atoms with Crippen LogP contribution < -0.4 is 15.6 Å². The lowest BCUT2D eigenvalue weighted by atomic mass is 10.1. The van der Waals surface area contributed by atoms with Crippen LogP contribution in [0.4, 0.5) is 5.82 Å². The van der Waals surface area contributed by atoms with Crippen LogP contribution in [0, 0.1) is 0 Å². The maximum atomic E-state index is 13.4. The summed E-state index contributed by atoms with van der Waals surface area (Å²) in [6, 6.07) is 4.02. The maximum absolute atomic E-state index is 13.4. The Kier molecular flexibility index (Phi) is 5.50. The molecule has 1 fully saturated rings. The number of likely N-dealkylation sites (N-methyl/N-ethyl adjacent to an activating group) is 1. The predicted molar refractivity (Wildman–Crippen MR) is 125 cm³/mol. The zero-order valence-corrected chi connectivity index (χ0v) is 19.0. The summed E-state index contributed by atoms with van der Waals surface area (Å²) >= 11 is 1.51. The fraction of sp³-hybridized carbons (Fsp3) is 0.364. The van der Waals surface area contributed by atoms with Crippen molar-refractivity contribution in [1.82, 2.24) is 29.4 Å². The number of ether oxygens (including phenoxy) is 1. The van der Waals surface area contributed by atoms with Gasteiger partial charge in [-0.1, -0.05) is 0 Å². The zero-order chi connectivity index (χ0) is 22.2. The number of fused-ring (bicyclic) bond motifs is 1. The second-order valence-electron chi connectivity index (χ2n) is 7.91. The number of hydrogen-bond donors (Lipinski definition) is 1. The molecule has 2 atom stereocenters. The van der Waals surface area contributed by atoms with Gasteiger partial charge in [0.2, 0.25) is 0 Å². The van der Waals surface area contributed by atoms with Crippen molar-refractivity contribution in [3.8, 4) is 5.13 Å². The highest BCUT2D eigenvalue weighted by atomic mass is 32.1. The smallest absolute Gasteiger partial charge is 0.195 e. The van der Waals surface area contributed by atoms with Crippen molar-refractivity contribution in [1.29, 1.82) is 0 Å². The van der Waals surface area contributed by atoms with E-state index in [1.54, 1.807) is 19.5 Å². The molecule has 166 valence electrons. The molecule has 5 heterocycles. The Balaban J connectivity index is 1.62. The van der Waals surface area contributed by atoms with Crippen LogP contribution in [-0.2, 0) is 18.2 Å². The summed E-state index contributed by atoms with van der Waals surface area (Å²) < 4.78 is 9.47. The number of aryl methyl sites for hydroxylation is 1. The van der Waals surface area contributed by atoms with Gasteiger partial charge in [-0.15, -0.1) is 11.3 Å². The molecule has 9 nitrogen and oxygen atoms in total. The monoisotopic (exact) mass is 451 g/mol. The van der Waals surface area contributed by atoms with Crippen molar-refractivity contribution in [3.63, 3.8) is 0 Å². The number of rotatable bonds is 6. The van der Waals surface area contributed by atoms with E-state index in [0.29, 0.717) is 23.0 Å². The summed E-state index contributed by atoms with van der Waals surface area (Å²) in [5.74, 6) is 1.65. The second-order valence-corrected chi connectivity index (χ2v) is 8.79.